The molecular formula is C20H15N3O3S. The molecule has 7 heteroatoms. The van der Waals surface area contributed by atoms with Crippen LogP contribution in [0.5, 0.6) is 0 Å². The third-order valence-electron chi connectivity index (χ3n) is 3.89. The van der Waals surface area contributed by atoms with Crippen molar-refractivity contribution in [3.05, 3.63) is 77.9 Å². The van der Waals surface area contributed by atoms with Crippen LogP contribution in [-0.2, 0) is 14.8 Å². The van der Waals surface area contributed by atoms with Gasteiger partial charge < -0.3 is 5.32 Å². The third kappa shape index (κ3) is 4.39. The molecule has 3 aromatic rings. The summed E-state index contributed by atoms with van der Waals surface area (Å²) in [7, 11) is -3.80. The lowest BCUT2D eigenvalue weighted by Crippen LogP contribution is -2.14. The Balaban J connectivity index is 1.82. The van der Waals surface area contributed by atoms with E-state index in [4.69, 9.17) is 5.14 Å². The Kier molecular flexibility index (Phi) is 5.03. The van der Waals surface area contributed by atoms with Crippen LogP contribution in [0.15, 0.2) is 77.2 Å². The van der Waals surface area contributed by atoms with Gasteiger partial charge in [-0.05, 0) is 52.7 Å². The van der Waals surface area contributed by atoms with E-state index in [0.29, 0.717) is 5.69 Å². The summed E-state index contributed by atoms with van der Waals surface area (Å²) in [5.41, 5.74) is 1.01. The topological polar surface area (TPSA) is 113 Å². The molecular weight excluding hydrogens is 362 g/mol. The fourth-order valence-electron chi connectivity index (χ4n) is 2.54. The number of nitrogens with one attached hydrogen (secondary N) is 1. The van der Waals surface area contributed by atoms with Crippen molar-refractivity contribution in [1.29, 1.82) is 5.26 Å². The Morgan fingerprint density at radius 2 is 1.67 bits per heavy atom. The molecule has 0 aromatic heterocycles. The molecule has 0 saturated heterocycles. The second kappa shape index (κ2) is 7.41. The largest absolute Gasteiger partial charge is 0.321 e. The molecule has 3 aromatic carbocycles. The summed E-state index contributed by atoms with van der Waals surface area (Å²) in [5.74, 6) is -0.589. The highest BCUT2D eigenvalue weighted by Crippen LogP contribution is 2.18. The standard InChI is InChI=1S/C20H15N3O3S/c21-13-17(12-14-5-6-15-3-1-2-4-16(15)11-14)20(24)23-18-7-9-19(10-8-18)27(22,25)26/h1-12H,(H,23,24)(H2,22,25,26)/b17-12+. The van der Waals surface area contributed by atoms with Crippen LogP contribution < -0.4 is 10.5 Å². The number of anilines is 1. The molecule has 0 fully saturated rings. The van der Waals surface area contributed by atoms with Crippen LogP contribution in [0, 0.1) is 11.3 Å². The molecule has 0 aliphatic rings. The first-order valence-electron chi connectivity index (χ1n) is 7.91. The van der Waals surface area contributed by atoms with E-state index in [0.717, 1.165) is 16.3 Å². The zero-order valence-corrected chi connectivity index (χ0v) is 14.9. The van der Waals surface area contributed by atoms with E-state index in [2.05, 4.69) is 5.32 Å². The molecule has 0 saturated carbocycles. The number of nitrogens with zero attached hydrogens (tertiary/aromatic N) is 1. The van der Waals surface area contributed by atoms with E-state index in [1.165, 1.54) is 30.3 Å². The number of nitrogens with two attached hydrogens (primary N) is 1. The number of benzene rings is 3. The molecule has 0 aliphatic heterocycles. The van der Waals surface area contributed by atoms with Gasteiger partial charge in [-0.15, -0.1) is 0 Å². The van der Waals surface area contributed by atoms with Gasteiger partial charge in [-0.1, -0.05) is 36.4 Å². The van der Waals surface area contributed by atoms with Crippen LogP contribution in [0.25, 0.3) is 16.8 Å². The first-order chi connectivity index (χ1) is 12.9. The normalized spacial score (nSPS) is 11.8. The number of carbonyl (C=O) groups is 1. The first kappa shape index (κ1) is 18.3. The summed E-state index contributed by atoms with van der Waals surface area (Å²) in [4.78, 5) is 12.3. The molecule has 0 unspecified atom stereocenters. The Bertz CT molecular complexity index is 1190. The SMILES string of the molecule is N#C/C(=C\c1ccc2ccccc2c1)C(=O)Nc1ccc(S(N)(=O)=O)cc1. The van der Waals surface area contributed by atoms with Crippen LogP contribution in [0.1, 0.15) is 5.56 Å². The molecule has 0 aliphatic carbocycles. The van der Waals surface area contributed by atoms with Gasteiger partial charge in [0.25, 0.3) is 5.91 Å². The lowest BCUT2D eigenvalue weighted by molar-refractivity contribution is -0.112. The molecule has 134 valence electrons. The Morgan fingerprint density at radius 3 is 2.30 bits per heavy atom. The monoisotopic (exact) mass is 377 g/mol. The molecule has 27 heavy (non-hydrogen) atoms. The van der Waals surface area contributed by atoms with Crippen LogP contribution in [0.3, 0.4) is 0 Å². The van der Waals surface area contributed by atoms with Crippen molar-refractivity contribution in [3.63, 3.8) is 0 Å². The maximum atomic E-state index is 12.3. The number of rotatable bonds is 4. The highest BCUT2D eigenvalue weighted by Gasteiger charge is 2.11. The van der Waals surface area contributed by atoms with E-state index in [-0.39, 0.29) is 10.5 Å². The predicted octanol–water partition coefficient (Wildman–Crippen LogP) is 3.03. The third-order valence-corrected chi connectivity index (χ3v) is 4.82. The number of carbonyl (C=O) groups excluding carboxylic acids is 1. The van der Waals surface area contributed by atoms with E-state index < -0.39 is 15.9 Å². The second-order valence-corrected chi connectivity index (χ2v) is 7.36. The molecule has 6 nitrogen and oxygen atoms in total. The lowest BCUT2D eigenvalue weighted by atomic mass is 10.1. The second-order valence-electron chi connectivity index (χ2n) is 5.80. The molecule has 0 bridgehead atoms. The van der Waals surface area contributed by atoms with Crippen molar-refractivity contribution < 1.29 is 13.2 Å². The predicted molar refractivity (Wildman–Crippen MR) is 104 cm³/mol. The number of fused-ring (bicyclic) bond motifs is 1. The molecule has 0 radical (unpaired) electrons. The maximum absolute atomic E-state index is 12.3. The maximum Gasteiger partial charge on any atom is 0.266 e. The summed E-state index contributed by atoms with van der Waals surface area (Å²) in [6.45, 7) is 0. The number of sulfonamides is 1. The van der Waals surface area contributed by atoms with Gasteiger partial charge in [0.2, 0.25) is 10.0 Å². The molecule has 3 rings (SSSR count). The molecule has 0 spiro atoms. The Hall–Kier alpha value is -3.47. The summed E-state index contributed by atoms with van der Waals surface area (Å²) in [6, 6.07) is 20.7. The van der Waals surface area contributed by atoms with Crippen molar-refractivity contribution in [2.45, 2.75) is 4.90 Å². The molecule has 1 amide bonds. The van der Waals surface area contributed by atoms with E-state index in [1.54, 1.807) is 0 Å². The highest BCUT2D eigenvalue weighted by molar-refractivity contribution is 7.89. The average molecular weight is 377 g/mol. The smallest absolute Gasteiger partial charge is 0.266 e. The number of hydrogen-bond acceptors (Lipinski definition) is 4. The summed E-state index contributed by atoms with van der Waals surface area (Å²) < 4.78 is 22.5. The van der Waals surface area contributed by atoms with Gasteiger partial charge in [0.1, 0.15) is 11.6 Å². The van der Waals surface area contributed by atoms with Crippen LogP contribution in [0.4, 0.5) is 5.69 Å². The van der Waals surface area contributed by atoms with E-state index in [9.17, 15) is 18.5 Å². The van der Waals surface area contributed by atoms with Gasteiger partial charge in [0.15, 0.2) is 0 Å². The zero-order chi connectivity index (χ0) is 19.4. The Labute approximate surface area is 156 Å². The first-order valence-corrected chi connectivity index (χ1v) is 9.46. The van der Waals surface area contributed by atoms with Crippen LogP contribution >= 0.6 is 0 Å². The van der Waals surface area contributed by atoms with Gasteiger partial charge in [-0.2, -0.15) is 5.26 Å². The van der Waals surface area contributed by atoms with Crippen molar-refractivity contribution >= 4 is 38.5 Å². The van der Waals surface area contributed by atoms with E-state index in [1.807, 2.05) is 48.5 Å². The molecule has 0 heterocycles. The van der Waals surface area contributed by atoms with Crippen LogP contribution in [-0.4, -0.2) is 14.3 Å². The van der Waals surface area contributed by atoms with Gasteiger partial charge in [-0.25, -0.2) is 13.6 Å². The van der Waals surface area contributed by atoms with Crippen molar-refractivity contribution in [2.24, 2.45) is 5.14 Å². The van der Waals surface area contributed by atoms with Crippen LogP contribution in [0.2, 0.25) is 0 Å². The lowest BCUT2D eigenvalue weighted by Gasteiger charge is -2.06. The highest BCUT2D eigenvalue weighted by atomic mass is 32.2. The van der Waals surface area contributed by atoms with Crippen molar-refractivity contribution in [1.82, 2.24) is 0 Å². The summed E-state index contributed by atoms with van der Waals surface area (Å²) >= 11 is 0. The molecule has 3 N–H and O–H groups in total. The number of primary sulfonamides is 1. The minimum Gasteiger partial charge on any atom is -0.321 e. The average Bonchev–Trinajstić information content (AvgIpc) is 2.65. The zero-order valence-electron chi connectivity index (χ0n) is 14.1. The minimum absolute atomic E-state index is 0.0623. The molecule has 0 atom stereocenters. The fourth-order valence-corrected chi connectivity index (χ4v) is 3.05. The minimum atomic E-state index is -3.80. The van der Waals surface area contributed by atoms with Gasteiger partial charge in [0, 0.05) is 5.69 Å². The van der Waals surface area contributed by atoms with Crippen molar-refractivity contribution in [2.75, 3.05) is 5.32 Å². The number of hydrogen-bond donors (Lipinski definition) is 2. The summed E-state index contributed by atoms with van der Waals surface area (Å²) in [6.07, 6.45) is 1.50. The van der Waals surface area contributed by atoms with Gasteiger partial charge in [0.05, 0.1) is 4.90 Å². The number of nitriles is 1. The Morgan fingerprint density at radius 1 is 1.00 bits per heavy atom. The fraction of sp³-hybridized carbons (Fsp3) is 0. The van der Waals surface area contributed by atoms with Crippen molar-refractivity contribution in [3.8, 4) is 6.07 Å². The van der Waals surface area contributed by atoms with Gasteiger partial charge >= 0.3 is 0 Å². The van der Waals surface area contributed by atoms with Gasteiger partial charge in [-0.3, -0.25) is 4.79 Å². The van der Waals surface area contributed by atoms with E-state index >= 15 is 0 Å². The number of amides is 1. The quantitative estimate of drug-likeness (QED) is 0.537. The summed E-state index contributed by atoms with van der Waals surface area (Å²) in [5, 5.41) is 19.0.